The molecule has 0 saturated carbocycles. The lowest BCUT2D eigenvalue weighted by Gasteiger charge is -2.32. The number of anilines is 1. The second-order valence-corrected chi connectivity index (χ2v) is 7.36. The molecule has 5 rings (SSSR count). The fourth-order valence-corrected chi connectivity index (χ4v) is 3.77. The van der Waals surface area contributed by atoms with Crippen LogP contribution in [0.25, 0.3) is 11.4 Å². The van der Waals surface area contributed by atoms with Gasteiger partial charge in [0, 0.05) is 25.1 Å². The largest absolute Gasteiger partial charge is 0.733 e. The maximum atomic E-state index is 13.3. The second kappa shape index (κ2) is 7.91. The van der Waals surface area contributed by atoms with E-state index in [1.165, 1.54) is 24.3 Å². The Kier molecular flexibility index (Phi) is 4.94. The fourth-order valence-electron chi connectivity index (χ4n) is 3.77. The van der Waals surface area contributed by atoms with Crippen molar-refractivity contribution in [3.8, 4) is 11.4 Å². The molecule has 31 heavy (non-hydrogen) atoms. The molecule has 0 radical (unpaired) electrons. The number of H-pyrrole nitrogens is 1. The highest BCUT2D eigenvalue weighted by Gasteiger charge is 2.33. The van der Waals surface area contributed by atoms with Crippen LogP contribution in [0.15, 0.2) is 59.4 Å². The number of hydrogen-bond donors (Lipinski definition) is 2. The Balaban J connectivity index is 1.45. The van der Waals surface area contributed by atoms with Gasteiger partial charge in [0.2, 0.25) is 11.7 Å². The zero-order chi connectivity index (χ0) is 21.4. The minimum Gasteiger partial charge on any atom is -0.733 e. The van der Waals surface area contributed by atoms with Crippen LogP contribution in [0.1, 0.15) is 28.9 Å². The maximum Gasteiger partial charge on any atom is 0.244 e. The average Bonchev–Trinajstić information content (AvgIpc) is 3.44. The van der Waals surface area contributed by atoms with E-state index >= 15 is 0 Å². The summed E-state index contributed by atoms with van der Waals surface area (Å²) in [5.41, 5.74) is 3.53. The van der Waals surface area contributed by atoms with Crippen LogP contribution in [0, 0.1) is 11.0 Å². The molecule has 0 aliphatic carbocycles. The number of nitrogens with zero attached hydrogens (tertiary/aromatic N) is 5. The van der Waals surface area contributed by atoms with Crippen LogP contribution >= 0.6 is 0 Å². The van der Waals surface area contributed by atoms with Crippen molar-refractivity contribution in [1.82, 2.24) is 25.0 Å². The van der Waals surface area contributed by atoms with Gasteiger partial charge in [-0.3, -0.25) is 10.1 Å². The highest BCUT2D eigenvalue weighted by atomic mass is 19.1. The number of nitrogens with one attached hydrogen (secondary N) is 1. The molecule has 4 aromatic rings. The Hall–Kier alpha value is -3.60. The van der Waals surface area contributed by atoms with E-state index in [1.807, 2.05) is 0 Å². The van der Waals surface area contributed by atoms with Gasteiger partial charge in [-0.15, -0.1) is 0 Å². The maximum absolute atomic E-state index is 13.3. The van der Waals surface area contributed by atoms with E-state index in [1.54, 1.807) is 30.6 Å². The molecule has 1 aliphatic rings. The topological polar surface area (TPSA) is 117 Å². The molecule has 0 spiro atoms. The third kappa shape index (κ3) is 3.91. The normalized spacial score (nSPS) is 16.3. The van der Waals surface area contributed by atoms with E-state index in [4.69, 9.17) is 9.73 Å². The van der Waals surface area contributed by atoms with Crippen LogP contribution < -0.4 is 5.23 Å². The van der Waals surface area contributed by atoms with Crippen LogP contribution in [-0.2, 0) is 19.5 Å². The summed E-state index contributed by atoms with van der Waals surface area (Å²) in [6, 6.07) is 12.5. The Labute approximate surface area is 176 Å². The molecule has 2 aromatic heterocycles. The molecule has 2 aromatic carbocycles. The minimum atomic E-state index is -0.280. The monoisotopic (exact) mass is 421 g/mol. The van der Waals surface area contributed by atoms with Gasteiger partial charge in [-0.1, -0.05) is 29.4 Å². The number of benzene rings is 2. The quantitative estimate of drug-likeness (QED) is 0.470. The number of aromatic amines is 1. The fraction of sp³-hybridized carbons (Fsp3) is 0.190. The molecule has 10 heteroatoms. The van der Waals surface area contributed by atoms with Crippen LogP contribution in [0.2, 0.25) is 0 Å². The van der Waals surface area contributed by atoms with Crippen molar-refractivity contribution in [2.24, 2.45) is 0 Å². The highest BCUT2D eigenvalue weighted by molar-refractivity contribution is 5.62. The summed E-state index contributed by atoms with van der Waals surface area (Å²) in [6.45, 7) is 1.16. The van der Waals surface area contributed by atoms with Crippen molar-refractivity contribution in [1.29, 1.82) is 0 Å². The Bertz CT molecular complexity index is 1190. The Morgan fingerprint density at radius 2 is 2.10 bits per heavy atom. The molecule has 0 amide bonds. The minimum absolute atomic E-state index is 0.0700. The number of halogens is 1. The molecule has 9 nitrogen and oxygen atoms in total. The van der Waals surface area contributed by atoms with Gasteiger partial charge in [0.05, 0.1) is 29.4 Å². The molecule has 0 bridgehead atoms. The summed E-state index contributed by atoms with van der Waals surface area (Å²) >= 11 is 0. The third-order valence-electron chi connectivity index (χ3n) is 5.35. The molecule has 0 saturated heterocycles. The first-order valence-electron chi connectivity index (χ1n) is 9.66. The standard InChI is InChI=1S/C21H18FN6O3/c22-15-6-4-13(5-7-15)10-27-11-18-17(23-12-24-18)9-19(27)21-25-20(26-31-21)14-2-1-3-16(8-14)28(29)30/h1-8,12,19,29H,9-11H2,(H,23,24)/q-1. The molecule has 158 valence electrons. The molecule has 3 heterocycles. The van der Waals surface area contributed by atoms with Gasteiger partial charge in [0.15, 0.2) is 0 Å². The lowest BCUT2D eigenvalue weighted by molar-refractivity contribution is 0.128. The van der Waals surface area contributed by atoms with Crippen molar-refractivity contribution in [3.63, 3.8) is 0 Å². The van der Waals surface area contributed by atoms with Crippen molar-refractivity contribution in [3.05, 3.63) is 88.7 Å². The van der Waals surface area contributed by atoms with Crippen LogP contribution in [0.3, 0.4) is 0 Å². The number of imidazole rings is 1. The lowest BCUT2D eigenvalue weighted by Crippen LogP contribution is -2.34. The SMILES string of the molecule is [O-]N(O)c1cccc(-c2noc(C3Cc4nc[nH]c4CN3Cc3ccc(F)cc3)n2)c1. The van der Waals surface area contributed by atoms with E-state index in [0.29, 0.717) is 36.8 Å². The van der Waals surface area contributed by atoms with Crippen molar-refractivity contribution in [2.75, 3.05) is 5.23 Å². The first-order valence-corrected chi connectivity index (χ1v) is 9.66. The summed E-state index contributed by atoms with van der Waals surface area (Å²) < 4.78 is 18.9. The first-order chi connectivity index (χ1) is 15.1. The van der Waals surface area contributed by atoms with Crippen LogP contribution in [-0.4, -0.2) is 30.2 Å². The zero-order valence-corrected chi connectivity index (χ0v) is 16.3. The lowest BCUT2D eigenvalue weighted by atomic mass is 10.0. The highest BCUT2D eigenvalue weighted by Crippen LogP contribution is 2.33. The zero-order valence-electron chi connectivity index (χ0n) is 16.3. The van der Waals surface area contributed by atoms with E-state index in [2.05, 4.69) is 25.0 Å². The van der Waals surface area contributed by atoms with Crippen molar-refractivity contribution >= 4 is 5.69 Å². The smallest absolute Gasteiger partial charge is 0.244 e. The van der Waals surface area contributed by atoms with E-state index < -0.39 is 0 Å². The molecule has 1 unspecified atom stereocenters. The number of hydrogen-bond acceptors (Lipinski definition) is 8. The van der Waals surface area contributed by atoms with Crippen molar-refractivity contribution < 1.29 is 14.1 Å². The summed E-state index contributed by atoms with van der Waals surface area (Å²) in [6.07, 6.45) is 2.24. The van der Waals surface area contributed by atoms with Gasteiger partial charge in [-0.05, 0) is 29.8 Å². The average molecular weight is 421 g/mol. The molecule has 1 atom stereocenters. The summed E-state index contributed by atoms with van der Waals surface area (Å²) in [4.78, 5) is 14.3. The van der Waals surface area contributed by atoms with Gasteiger partial charge in [0.1, 0.15) is 5.82 Å². The Morgan fingerprint density at radius 1 is 1.26 bits per heavy atom. The third-order valence-corrected chi connectivity index (χ3v) is 5.35. The van der Waals surface area contributed by atoms with Crippen molar-refractivity contribution in [2.45, 2.75) is 25.6 Å². The first kappa shape index (κ1) is 19.4. The second-order valence-electron chi connectivity index (χ2n) is 7.36. The molecule has 1 aliphatic heterocycles. The predicted molar refractivity (Wildman–Crippen MR) is 108 cm³/mol. The van der Waals surface area contributed by atoms with E-state index in [9.17, 15) is 9.60 Å². The van der Waals surface area contributed by atoms with Gasteiger partial charge in [-0.2, -0.15) is 4.98 Å². The number of rotatable bonds is 5. The van der Waals surface area contributed by atoms with E-state index in [0.717, 1.165) is 17.0 Å². The summed E-state index contributed by atoms with van der Waals surface area (Å²) in [7, 11) is 0. The number of aromatic nitrogens is 4. The summed E-state index contributed by atoms with van der Waals surface area (Å²) in [5.74, 6) is 0.450. The molecule has 0 fully saturated rings. The summed E-state index contributed by atoms with van der Waals surface area (Å²) in [5, 5.41) is 24.2. The van der Waals surface area contributed by atoms with E-state index in [-0.39, 0.29) is 22.8 Å². The number of fused-ring (bicyclic) bond motifs is 1. The molecule has 2 N–H and O–H groups in total. The Morgan fingerprint density at radius 3 is 2.90 bits per heavy atom. The molecular weight excluding hydrogens is 403 g/mol. The molecular formula is C21H18FN6O3-. The van der Waals surface area contributed by atoms with Gasteiger partial charge < -0.3 is 19.9 Å². The van der Waals surface area contributed by atoms with Gasteiger partial charge in [0.25, 0.3) is 0 Å². The van der Waals surface area contributed by atoms with Crippen LogP contribution in [0.4, 0.5) is 10.1 Å². The van der Waals surface area contributed by atoms with Crippen LogP contribution in [0.5, 0.6) is 0 Å². The van der Waals surface area contributed by atoms with Gasteiger partial charge >= 0.3 is 0 Å². The van der Waals surface area contributed by atoms with Gasteiger partial charge in [-0.25, -0.2) is 9.37 Å². The predicted octanol–water partition coefficient (Wildman–Crippen LogP) is 3.59.